The van der Waals surface area contributed by atoms with Gasteiger partial charge in [0, 0.05) is 10.8 Å². The zero-order chi connectivity index (χ0) is 8.60. The van der Waals surface area contributed by atoms with Crippen LogP contribution in [0.5, 0.6) is 0 Å². The molecule has 1 aliphatic heterocycles. The van der Waals surface area contributed by atoms with Gasteiger partial charge in [-0.25, -0.2) is 0 Å². The molecule has 2 atom stereocenters. The number of rotatable bonds is 3. The Balaban J connectivity index is 1.72. The lowest BCUT2D eigenvalue weighted by molar-refractivity contribution is 0.434. The van der Waals surface area contributed by atoms with Crippen molar-refractivity contribution in [2.75, 3.05) is 5.75 Å². The lowest BCUT2D eigenvalue weighted by atomic mass is 9.94. The van der Waals surface area contributed by atoms with E-state index in [4.69, 9.17) is 5.73 Å². The fourth-order valence-electron chi connectivity index (χ4n) is 2.04. The Morgan fingerprint density at radius 2 is 2.25 bits per heavy atom. The average molecular weight is 185 g/mol. The van der Waals surface area contributed by atoms with Gasteiger partial charge < -0.3 is 5.73 Å². The summed E-state index contributed by atoms with van der Waals surface area (Å²) < 4.78 is 0. The molecule has 1 aliphatic carbocycles. The van der Waals surface area contributed by atoms with Crippen LogP contribution in [0.15, 0.2) is 0 Å². The van der Waals surface area contributed by atoms with Crippen LogP contribution in [0, 0.1) is 5.92 Å². The highest BCUT2D eigenvalue weighted by Gasteiger charge is 2.38. The van der Waals surface area contributed by atoms with Crippen molar-refractivity contribution in [3.05, 3.63) is 0 Å². The van der Waals surface area contributed by atoms with E-state index >= 15 is 0 Å². The van der Waals surface area contributed by atoms with Gasteiger partial charge in [-0.05, 0) is 43.8 Å². The molecule has 12 heavy (non-hydrogen) atoms. The summed E-state index contributed by atoms with van der Waals surface area (Å²) in [7, 11) is 0. The first kappa shape index (κ1) is 8.89. The van der Waals surface area contributed by atoms with E-state index in [0.29, 0.717) is 0 Å². The van der Waals surface area contributed by atoms with Gasteiger partial charge in [0.15, 0.2) is 0 Å². The van der Waals surface area contributed by atoms with E-state index in [1.165, 1.54) is 37.9 Å². The van der Waals surface area contributed by atoms with Gasteiger partial charge >= 0.3 is 0 Å². The van der Waals surface area contributed by atoms with Gasteiger partial charge in [0.05, 0.1) is 0 Å². The highest BCUT2D eigenvalue weighted by atomic mass is 32.2. The normalized spacial score (nSPS) is 38.5. The summed E-state index contributed by atoms with van der Waals surface area (Å²) in [5.41, 5.74) is 6.35. The van der Waals surface area contributed by atoms with Crippen molar-refractivity contribution in [3.8, 4) is 0 Å². The van der Waals surface area contributed by atoms with Crippen LogP contribution in [0.2, 0.25) is 0 Å². The predicted molar refractivity (Wildman–Crippen MR) is 55.4 cm³/mol. The molecular formula is C10H19NS. The highest BCUT2D eigenvalue weighted by molar-refractivity contribution is 8.00. The van der Waals surface area contributed by atoms with Crippen LogP contribution in [0.4, 0.5) is 0 Å². The maximum atomic E-state index is 6.06. The SMILES string of the molecule is CC1SCCC1CCC1(N)CC1. The van der Waals surface area contributed by atoms with Gasteiger partial charge in [0.1, 0.15) is 0 Å². The molecule has 1 saturated heterocycles. The van der Waals surface area contributed by atoms with Crippen molar-refractivity contribution in [3.63, 3.8) is 0 Å². The summed E-state index contributed by atoms with van der Waals surface area (Å²) >= 11 is 2.14. The van der Waals surface area contributed by atoms with Gasteiger partial charge in [-0.2, -0.15) is 11.8 Å². The van der Waals surface area contributed by atoms with Crippen molar-refractivity contribution in [2.45, 2.75) is 49.8 Å². The zero-order valence-corrected chi connectivity index (χ0v) is 8.70. The Bertz CT molecular complexity index is 165. The standard InChI is InChI=1S/C10H19NS/c1-8-9(3-7-12-8)2-4-10(11)5-6-10/h8-9H,2-7,11H2,1H3. The van der Waals surface area contributed by atoms with E-state index < -0.39 is 0 Å². The average Bonchev–Trinajstić information content (AvgIpc) is 2.61. The highest BCUT2D eigenvalue weighted by Crippen LogP contribution is 2.41. The minimum absolute atomic E-state index is 0.285. The summed E-state index contributed by atoms with van der Waals surface area (Å²) in [5, 5.41) is 0.896. The molecule has 0 aromatic heterocycles. The first-order valence-electron chi connectivity index (χ1n) is 5.10. The van der Waals surface area contributed by atoms with E-state index in [9.17, 15) is 0 Å². The third-order valence-electron chi connectivity index (χ3n) is 3.44. The molecular weight excluding hydrogens is 166 g/mol. The molecule has 0 amide bonds. The summed E-state index contributed by atoms with van der Waals surface area (Å²) in [6, 6.07) is 0. The van der Waals surface area contributed by atoms with Crippen LogP contribution in [0.3, 0.4) is 0 Å². The predicted octanol–water partition coefficient (Wildman–Crippen LogP) is 2.40. The van der Waals surface area contributed by atoms with E-state index in [0.717, 1.165) is 11.2 Å². The van der Waals surface area contributed by atoms with E-state index in [1.807, 2.05) is 0 Å². The number of thioether (sulfide) groups is 1. The second-order valence-corrected chi connectivity index (χ2v) is 6.01. The molecule has 2 aliphatic rings. The van der Waals surface area contributed by atoms with Crippen LogP contribution in [-0.4, -0.2) is 16.5 Å². The van der Waals surface area contributed by atoms with Crippen molar-refractivity contribution >= 4 is 11.8 Å². The molecule has 1 heterocycles. The summed E-state index contributed by atoms with van der Waals surface area (Å²) in [4.78, 5) is 0. The molecule has 2 N–H and O–H groups in total. The monoisotopic (exact) mass is 185 g/mol. The molecule has 0 spiro atoms. The zero-order valence-electron chi connectivity index (χ0n) is 7.88. The first-order valence-corrected chi connectivity index (χ1v) is 6.15. The second kappa shape index (κ2) is 3.22. The summed E-state index contributed by atoms with van der Waals surface area (Å²) in [6.45, 7) is 2.37. The molecule has 0 radical (unpaired) electrons. The number of nitrogens with two attached hydrogens (primary N) is 1. The Labute approximate surface area is 79.5 Å². The van der Waals surface area contributed by atoms with Crippen molar-refractivity contribution in [1.82, 2.24) is 0 Å². The molecule has 1 nitrogen and oxygen atoms in total. The van der Waals surface area contributed by atoms with Gasteiger partial charge in [-0.1, -0.05) is 6.92 Å². The molecule has 2 fully saturated rings. The fraction of sp³-hybridized carbons (Fsp3) is 1.00. The smallest absolute Gasteiger partial charge is 0.0155 e. The largest absolute Gasteiger partial charge is 0.325 e. The summed E-state index contributed by atoms with van der Waals surface area (Å²) in [5.74, 6) is 2.35. The fourth-order valence-corrected chi connectivity index (χ4v) is 3.39. The van der Waals surface area contributed by atoms with Crippen LogP contribution >= 0.6 is 11.8 Å². The molecule has 0 aromatic rings. The Morgan fingerprint density at radius 1 is 1.50 bits per heavy atom. The van der Waals surface area contributed by atoms with Gasteiger partial charge in [0.2, 0.25) is 0 Å². The Kier molecular flexibility index (Phi) is 2.39. The third kappa shape index (κ3) is 1.97. The Morgan fingerprint density at radius 3 is 2.75 bits per heavy atom. The maximum absolute atomic E-state index is 6.06. The lowest BCUT2D eigenvalue weighted by Crippen LogP contribution is -2.23. The van der Waals surface area contributed by atoms with Gasteiger partial charge in [0.25, 0.3) is 0 Å². The van der Waals surface area contributed by atoms with Crippen molar-refractivity contribution in [2.24, 2.45) is 11.7 Å². The van der Waals surface area contributed by atoms with Gasteiger partial charge in [-0.15, -0.1) is 0 Å². The van der Waals surface area contributed by atoms with Crippen LogP contribution in [-0.2, 0) is 0 Å². The minimum atomic E-state index is 0.285. The topological polar surface area (TPSA) is 26.0 Å². The molecule has 0 aromatic carbocycles. The van der Waals surface area contributed by atoms with Crippen LogP contribution in [0.25, 0.3) is 0 Å². The molecule has 2 rings (SSSR count). The lowest BCUT2D eigenvalue weighted by Gasteiger charge is -2.16. The van der Waals surface area contributed by atoms with Gasteiger partial charge in [-0.3, -0.25) is 0 Å². The minimum Gasteiger partial charge on any atom is -0.325 e. The second-order valence-electron chi connectivity index (χ2n) is 4.53. The third-order valence-corrected chi connectivity index (χ3v) is 4.82. The molecule has 2 unspecified atom stereocenters. The Hall–Kier alpha value is 0.310. The maximum Gasteiger partial charge on any atom is 0.0155 e. The van der Waals surface area contributed by atoms with Crippen LogP contribution < -0.4 is 5.73 Å². The first-order chi connectivity index (χ1) is 5.70. The van der Waals surface area contributed by atoms with E-state index in [2.05, 4.69) is 18.7 Å². The van der Waals surface area contributed by atoms with Crippen LogP contribution in [0.1, 0.15) is 39.0 Å². The van der Waals surface area contributed by atoms with Crippen molar-refractivity contribution < 1.29 is 0 Å². The number of hydrogen-bond acceptors (Lipinski definition) is 2. The number of hydrogen-bond donors (Lipinski definition) is 1. The van der Waals surface area contributed by atoms with E-state index in [1.54, 1.807) is 0 Å². The molecule has 70 valence electrons. The quantitative estimate of drug-likeness (QED) is 0.730. The van der Waals surface area contributed by atoms with E-state index in [-0.39, 0.29) is 5.54 Å². The molecule has 0 bridgehead atoms. The summed E-state index contributed by atoms with van der Waals surface area (Å²) in [6.07, 6.45) is 6.65. The molecule has 1 saturated carbocycles. The van der Waals surface area contributed by atoms with Crippen molar-refractivity contribution in [1.29, 1.82) is 0 Å². The molecule has 2 heteroatoms.